The van der Waals surface area contributed by atoms with E-state index in [1.807, 2.05) is 6.92 Å². The second kappa shape index (κ2) is 4.80. The van der Waals surface area contributed by atoms with Crippen molar-refractivity contribution in [3.8, 4) is 0 Å². The first-order chi connectivity index (χ1) is 9.52. The number of halogens is 2. The van der Waals surface area contributed by atoms with Gasteiger partial charge in [-0.25, -0.2) is 9.37 Å². The summed E-state index contributed by atoms with van der Waals surface area (Å²) in [4.78, 5) is 11.8. The number of nitrogens with two attached hydrogens (primary N) is 1. The van der Waals surface area contributed by atoms with Crippen LogP contribution in [0.3, 0.4) is 0 Å². The lowest BCUT2D eigenvalue weighted by atomic mass is 10.1. The Labute approximate surface area is 118 Å². The van der Waals surface area contributed by atoms with Crippen LogP contribution in [0.2, 0.25) is 5.28 Å². The highest BCUT2D eigenvalue weighted by Gasteiger charge is 2.44. The van der Waals surface area contributed by atoms with E-state index in [-0.39, 0.29) is 16.7 Å². The van der Waals surface area contributed by atoms with Gasteiger partial charge < -0.3 is 15.6 Å². The zero-order valence-electron chi connectivity index (χ0n) is 10.6. The third kappa shape index (κ3) is 1.91. The number of anilines is 1. The summed E-state index contributed by atoms with van der Waals surface area (Å²) in [5, 5.41) is 9.73. The van der Waals surface area contributed by atoms with Crippen molar-refractivity contribution >= 4 is 28.6 Å². The zero-order chi connectivity index (χ0) is 14.4. The Balaban J connectivity index is 2.07. The molecule has 4 atom stereocenters. The maximum absolute atomic E-state index is 14.2. The minimum absolute atomic E-state index is 0.0576. The molecular weight excluding hydrogens is 289 g/mol. The predicted octanol–water partition coefficient (Wildman–Crippen LogP) is 1.07. The maximum atomic E-state index is 14.2. The molecule has 2 aromatic rings. The van der Waals surface area contributed by atoms with E-state index >= 15 is 0 Å². The third-order valence-electron chi connectivity index (χ3n) is 3.39. The van der Waals surface area contributed by atoms with Crippen molar-refractivity contribution in [3.05, 3.63) is 11.6 Å². The molecule has 20 heavy (non-hydrogen) atoms. The smallest absolute Gasteiger partial charge is 0.226 e. The van der Waals surface area contributed by atoms with Crippen molar-refractivity contribution in [3.63, 3.8) is 0 Å². The number of ether oxygens (including phenoxy) is 1. The van der Waals surface area contributed by atoms with Crippen LogP contribution in [0.25, 0.3) is 11.2 Å². The molecule has 1 aliphatic heterocycles. The van der Waals surface area contributed by atoms with E-state index in [1.165, 1.54) is 10.9 Å². The van der Waals surface area contributed by atoms with Crippen LogP contribution in [0.5, 0.6) is 0 Å². The number of aromatic nitrogens is 4. The summed E-state index contributed by atoms with van der Waals surface area (Å²) in [7, 11) is 0. The first kappa shape index (κ1) is 13.5. The summed E-state index contributed by atoms with van der Waals surface area (Å²) in [6.07, 6.45) is -2.48. The lowest BCUT2D eigenvalue weighted by molar-refractivity contribution is -0.0238. The fraction of sp³-hybridized carbons (Fsp3) is 0.545. The Morgan fingerprint density at radius 3 is 2.95 bits per heavy atom. The number of aliphatic hydroxyl groups excluding tert-OH is 1. The van der Waals surface area contributed by atoms with Crippen molar-refractivity contribution in [2.45, 2.75) is 38.0 Å². The van der Waals surface area contributed by atoms with Crippen LogP contribution in [0.4, 0.5) is 10.2 Å². The molecule has 1 aliphatic rings. The Kier molecular flexibility index (Phi) is 3.23. The van der Waals surface area contributed by atoms with Gasteiger partial charge in [0.25, 0.3) is 0 Å². The van der Waals surface area contributed by atoms with Crippen molar-refractivity contribution < 1.29 is 14.2 Å². The number of rotatable bonds is 2. The topological polar surface area (TPSA) is 99.1 Å². The van der Waals surface area contributed by atoms with E-state index < -0.39 is 24.6 Å². The van der Waals surface area contributed by atoms with Crippen molar-refractivity contribution in [1.82, 2.24) is 19.5 Å². The van der Waals surface area contributed by atoms with Crippen LogP contribution in [0.1, 0.15) is 19.6 Å². The average molecular weight is 302 g/mol. The fourth-order valence-corrected chi connectivity index (χ4v) is 2.53. The predicted molar refractivity (Wildman–Crippen MR) is 69.8 cm³/mol. The van der Waals surface area contributed by atoms with Gasteiger partial charge in [0.05, 0.1) is 12.4 Å². The van der Waals surface area contributed by atoms with E-state index in [2.05, 4.69) is 15.0 Å². The number of aliphatic hydroxyl groups is 1. The van der Waals surface area contributed by atoms with Crippen LogP contribution in [-0.2, 0) is 4.74 Å². The number of imidazole rings is 1. The molecule has 0 unspecified atom stereocenters. The van der Waals surface area contributed by atoms with E-state index in [1.54, 1.807) is 0 Å². The summed E-state index contributed by atoms with van der Waals surface area (Å²) >= 11 is 5.75. The van der Waals surface area contributed by atoms with Crippen LogP contribution in [0, 0.1) is 0 Å². The Bertz CT molecular complexity index is 651. The molecule has 0 aromatic carbocycles. The van der Waals surface area contributed by atoms with Gasteiger partial charge in [0.2, 0.25) is 5.28 Å². The largest absolute Gasteiger partial charge is 0.387 e. The van der Waals surface area contributed by atoms with Gasteiger partial charge in [-0.15, -0.1) is 0 Å². The second-order valence-corrected chi connectivity index (χ2v) is 4.95. The van der Waals surface area contributed by atoms with Crippen molar-refractivity contribution in [1.29, 1.82) is 0 Å². The molecule has 2 aromatic heterocycles. The standard InChI is InChI=1S/C11H13ClFN5O2/c1-2-4-7(19)5(13)10(20-4)18-3-15-6-8(14)16-11(12)17-9(6)18/h3-5,7,10,19H,2H2,1H3,(H2,14,16,17)/t4-,5+,7-,10-/m1/s1. The summed E-state index contributed by atoms with van der Waals surface area (Å²) in [6, 6.07) is 0. The van der Waals surface area contributed by atoms with E-state index in [4.69, 9.17) is 22.1 Å². The van der Waals surface area contributed by atoms with Gasteiger partial charge in [0.1, 0.15) is 11.6 Å². The number of nitrogens with zero attached hydrogens (tertiary/aromatic N) is 4. The number of nitrogen functional groups attached to an aromatic ring is 1. The van der Waals surface area contributed by atoms with E-state index in [9.17, 15) is 9.50 Å². The zero-order valence-corrected chi connectivity index (χ0v) is 11.3. The Morgan fingerprint density at radius 1 is 1.55 bits per heavy atom. The summed E-state index contributed by atoms with van der Waals surface area (Å²) in [5.41, 5.74) is 6.29. The van der Waals surface area contributed by atoms with Crippen LogP contribution in [0.15, 0.2) is 6.33 Å². The molecule has 9 heteroatoms. The molecule has 108 valence electrons. The monoisotopic (exact) mass is 301 g/mol. The van der Waals surface area contributed by atoms with E-state index in [0.29, 0.717) is 11.9 Å². The van der Waals surface area contributed by atoms with Crippen LogP contribution >= 0.6 is 11.6 Å². The lowest BCUT2D eigenvalue weighted by Crippen LogP contribution is -2.27. The molecule has 0 saturated carbocycles. The molecule has 0 spiro atoms. The normalized spacial score (nSPS) is 30.2. The van der Waals surface area contributed by atoms with Crippen molar-refractivity contribution in [2.24, 2.45) is 0 Å². The molecule has 0 radical (unpaired) electrons. The number of alkyl halides is 1. The summed E-state index contributed by atoms with van der Waals surface area (Å²) in [6.45, 7) is 1.81. The lowest BCUT2D eigenvalue weighted by Gasteiger charge is -2.15. The number of hydrogen-bond acceptors (Lipinski definition) is 6. The van der Waals surface area contributed by atoms with Gasteiger partial charge in [-0.3, -0.25) is 4.57 Å². The molecular formula is C11H13ClFN5O2. The molecule has 0 bridgehead atoms. The highest BCUT2D eigenvalue weighted by atomic mass is 35.5. The molecule has 1 saturated heterocycles. The Hall–Kier alpha value is -1.51. The molecule has 3 rings (SSSR count). The van der Waals surface area contributed by atoms with Gasteiger partial charge >= 0.3 is 0 Å². The first-order valence-electron chi connectivity index (χ1n) is 6.16. The van der Waals surface area contributed by atoms with Gasteiger partial charge in [-0.1, -0.05) is 6.92 Å². The molecule has 3 heterocycles. The minimum Gasteiger partial charge on any atom is -0.387 e. The molecule has 3 N–H and O–H groups in total. The highest BCUT2D eigenvalue weighted by Crippen LogP contribution is 2.35. The third-order valence-corrected chi connectivity index (χ3v) is 3.56. The fourth-order valence-electron chi connectivity index (χ4n) is 2.36. The molecule has 7 nitrogen and oxygen atoms in total. The van der Waals surface area contributed by atoms with Crippen LogP contribution in [-0.4, -0.2) is 43.0 Å². The van der Waals surface area contributed by atoms with Crippen LogP contribution < -0.4 is 5.73 Å². The summed E-state index contributed by atoms with van der Waals surface area (Å²) in [5.74, 6) is 0.111. The number of fused-ring (bicyclic) bond motifs is 1. The number of hydrogen-bond donors (Lipinski definition) is 2. The molecule has 0 aliphatic carbocycles. The van der Waals surface area contributed by atoms with Gasteiger partial charge in [0.15, 0.2) is 23.9 Å². The molecule has 1 fully saturated rings. The SMILES string of the molecule is CC[C@H]1O[C@@H](n2cnc3c(N)nc(Cl)nc32)[C@@H](F)[C@@H]1O. The Morgan fingerprint density at radius 2 is 2.30 bits per heavy atom. The highest BCUT2D eigenvalue weighted by molar-refractivity contribution is 6.28. The van der Waals surface area contributed by atoms with Gasteiger partial charge in [0, 0.05) is 0 Å². The molecule has 0 amide bonds. The maximum Gasteiger partial charge on any atom is 0.226 e. The minimum atomic E-state index is -1.58. The summed E-state index contributed by atoms with van der Waals surface area (Å²) < 4.78 is 21.1. The average Bonchev–Trinajstić information content (AvgIpc) is 2.93. The first-order valence-corrected chi connectivity index (χ1v) is 6.54. The van der Waals surface area contributed by atoms with Gasteiger partial charge in [-0.2, -0.15) is 9.97 Å². The van der Waals surface area contributed by atoms with Gasteiger partial charge in [-0.05, 0) is 18.0 Å². The second-order valence-electron chi connectivity index (χ2n) is 4.61. The van der Waals surface area contributed by atoms with Crippen molar-refractivity contribution in [2.75, 3.05) is 5.73 Å². The van der Waals surface area contributed by atoms with E-state index in [0.717, 1.165) is 0 Å². The quantitative estimate of drug-likeness (QED) is 0.805.